The average molecular weight is 274 g/mol. The van der Waals surface area contributed by atoms with Crippen molar-refractivity contribution >= 4 is 5.65 Å². The van der Waals surface area contributed by atoms with Gasteiger partial charge in [-0.1, -0.05) is 25.8 Å². The van der Waals surface area contributed by atoms with E-state index in [1.165, 1.54) is 25.7 Å². The van der Waals surface area contributed by atoms with E-state index in [0.29, 0.717) is 18.2 Å². The zero-order valence-corrected chi connectivity index (χ0v) is 12.0. The topological polar surface area (TPSA) is 51.3 Å². The van der Waals surface area contributed by atoms with Gasteiger partial charge in [-0.3, -0.25) is 4.40 Å². The third-order valence-electron chi connectivity index (χ3n) is 4.33. The summed E-state index contributed by atoms with van der Waals surface area (Å²) in [7, 11) is 0. The molecule has 108 valence electrons. The molecule has 3 rings (SSSR count). The highest BCUT2D eigenvalue weighted by atomic mass is 16.2. The van der Waals surface area contributed by atoms with Gasteiger partial charge in [0.1, 0.15) is 0 Å². The standard InChI is InChI=1S/C15H22N4O/c1-12-6-2-3-7-13(12)16-9-11-19-15(20)18-10-5-4-8-14(18)17-19/h4-5,8,10,12-13,16H,2-3,6-7,9,11H2,1H3. The lowest BCUT2D eigenvalue weighted by atomic mass is 9.86. The number of nitrogens with zero attached hydrogens (tertiary/aromatic N) is 3. The summed E-state index contributed by atoms with van der Waals surface area (Å²) in [5.41, 5.74) is 0.655. The molecule has 2 unspecified atom stereocenters. The molecule has 0 spiro atoms. The van der Waals surface area contributed by atoms with Gasteiger partial charge in [0.15, 0.2) is 5.65 Å². The van der Waals surface area contributed by atoms with E-state index in [-0.39, 0.29) is 5.69 Å². The quantitative estimate of drug-likeness (QED) is 0.922. The zero-order chi connectivity index (χ0) is 13.9. The van der Waals surface area contributed by atoms with E-state index < -0.39 is 0 Å². The maximum atomic E-state index is 12.1. The molecule has 20 heavy (non-hydrogen) atoms. The van der Waals surface area contributed by atoms with Crippen LogP contribution in [0.5, 0.6) is 0 Å². The van der Waals surface area contributed by atoms with Gasteiger partial charge in [-0.2, -0.15) is 0 Å². The molecule has 1 aliphatic rings. The molecule has 0 aliphatic heterocycles. The Hall–Kier alpha value is -1.62. The number of nitrogens with one attached hydrogen (secondary N) is 1. The largest absolute Gasteiger partial charge is 0.350 e. The lowest BCUT2D eigenvalue weighted by molar-refractivity contribution is 0.277. The van der Waals surface area contributed by atoms with Gasteiger partial charge < -0.3 is 5.32 Å². The maximum Gasteiger partial charge on any atom is 0.350 e. The third-order valence-corrected chi connectivity index (χ3v) is 4.33. The SMILES string of the molecule is CC1CCCCC1NCCn1nc2ccccn2c1=O. The Morgan fingerprint density at radius 1 is 1.35 bits per heavy atom. The number of rotatable bonds is 4. The fraction of sp³-hybridized carbons (Fsp3) is 0.600. The Kier molecular flexibility index (Phi) is 3.87. The Morgan fingerprint density at radius 2 is 2.20 bits per heavy atom. The molecule has 0 bridgehead atoms. The molecule has 1 fully saturated rings. The fourth-order valence-corrected chi connectivity index (χ4v) is 3.09. The molecule has 1 aliphatic carbocycles. The van der Waals surface area contributed by atoms with Crippen LogP contribution in [0.3, 0.4) is 0 Å². The number of aromatic nitrogens is 3. The molecule has 0 saturated heterocycles. The van der Waals surface area contributed by atoms with Crippen LogP contribution in [0.1, 0.15) is 32.6 Å². The van der Waals surface area contributed by atoms with E-state index in [4.69, 9.17) is 0 Å². The highest BCUT2D eigenvalue weighted by molar-refractivity contribution is 5.35. The minimum atomic E-state index is -0.0564. The minimum Gasteiger partial charge on any atom is -0.312 e. The van der Waals surface area contributed by atoms with Crippen LogP contribution in [-0.2, 0) is 6.54 Å². The van der Waals surface area contributed by atoms with Gasteiger partial charge in [0.25, 0.3) is 0 Å². The van der Waals surface area contributed by atoms with Crippen LogP contribution in [0.15, 0.2) is 29.2 Å². The molecule has 0 aromatic carbocycles. The predicted molar refractivity (Wildman–Crippen MR) is 78.9 cm³/mol. The second kappa shape index (κ2) is 5.79. The molecule has 2 atom stereocenters. The molecule has 5 heteroatoms. The van der Waals surface area contributed by atoms with E-state index in [9.17, 15) is 4.79 Å². The lowest BCUT2D eigenvalue weighted by Gasteiger charge is -2.29. The van der Waals surface area contributed by atoms with E-state index in [2.05, 4.69) is 17.3 Å². The first-order valence-electron chi connectivity index (χ1n) is 7.53. The highest BCUT2D eigenvalue weighted by Gasteiger charge is 2.20. The second-order valence-electron chi connectivity index (χ2n) is 5.76. The number of pyridine rings is 1. The van der Waals surface area contributed by atoms with Crippen LogP contribution in [-0.4, -0.2) is 26.8 Å². The van der Waals surface area contributed by atoms with E-state index in [1.807, 2.05) is 18.2 Å². The molecule has 2 aromatic rings. The van der Waals surface area contributed by atoms with Crippen molar-refractivity contribution in [2.75, 3.05) is 6.54 Å². The molecule has 0 amide bonds. The van der Waals surface area contributed by atoms with Gasteiger partial charge >= 0.3 is 5.69 Å². The molecule has 1 N–H and O–H groups in total. The van der Waals surface area contributed by atoms with E-state index in [1.54, 1.807) is 15.3 Å². The van der Waals surface area contributed by atoms with E-state index >= 15 is 0 Å². The van der Waals surface area contributed by atoms with Crippen LogP contribution < -0.4 is 11.0 Å². The molecular weight excluding hydrogens is 252 g/mol. The second-order valence-corrected chi connectivity index (χ2v) is 5.76. The summed E-state index contributed by atoms with van der Waals surface area (Å²) < 4.78 is 3.14. The first-order valence-corrected chi connectivity index (χ1v) is 7.53. The first kappa shape index (κ1) is 13.4. The van der Waals surface area contributed by atoms with Gasteiger partial charge in [-0.25, -0.2) is 9.48 Å². The Bertz CT molecular complexity index is 630. The van der Waals surface area contributed by atoms with Crippen molar-refractivity contribution in [1.82, 2.24) is 19.5 Å². The molecule has 2 aromatic heterocycles. The monoisotopic (exact) mass is 274 g/mol. The van der Waals surface area contributed by atoms with Gasteiger partial charge in [0.05, 0.1) is 6.54 Å². The number of hydrogen-bond acceptors (Lipinski definition) is 3. The summed E-state index contributed by atoms with van der Waals surface area (Å²) in [5.74, 6) is 0.738. The number of hydrogen-bond donors (Lipinski definition) is 1. The lowest BCUT2D eigenvalue weighted by Crippen LogP contribution is -2.39. The van der Waals surface area contributed by atoms with Crippen molar-refractivity contribution in [3.05, 3.63) is 34.9 Å². The molecule has 1 saturated carbocycles. The molecule has 2 heterocycles. The van der Waals surface area contributed by atoms with Crippen LogP contribution in [0.2, 0.25) is 0 Å². The van der Waals surface area contributed by atoms with Gasteiger partial charge in [0.2, 0.25) is 0 Å². The normalized spacial score (nSPS) is 23.2. The van der Waals surface area contributed by atoms with Gasteiger partial charge in [0, 0.05) is 18.8 Å². The van der Waals surface area contributed by atoms with Crippen molar-refractivity contribution in [2.45, 2.75) is 45.2 Å². The van der Waals surface area contributed by atoms with Crippen LogP contribution >= 0.6 is 0 Å². The van der Waals surface area contributed by atoms with Crippen molar-refractivity contribution in [2.24, 2.45) is 5.92 Å². The Labute approximate surface area is 118 Å². The van der Waals surface area contributed by atoms with Crippen LogP contribution in [0, 0.1) is 5.92 Å². The van der Waals surface area contributed by atoms with Crippen molar-refractivity contribution < 1.29 is 0 Å². The fourth-order valence-electron chi connectivity index (χ4n) is 3.09. The highest BCUT2D eigenvalue weighted by Crippen LogP contribution is 2.23. The van der Waals surface area contributed by atoms with Crippen LogP contribution in [0.4, 0.5) is 0 Å². The molecule has 5 nitrogen and oxygen atoms in total. The summed E-state index contributed by atoms with van der Waals surface area (Å²) in [6.45, 7) is 3.75. The average Bonchev–Trinajstić information content (AvgIpc) is 2.78. The van der Waals surface area contributed by atoms with Gasteiger partial charge in [-0.05, 0) is 30.9 Å². The summed E-state index contributed by atoms with van der Waals surface area (Å²) >= 11 is 0. The Balaban J connectivity index is 1.62. The number of fused-ring (bicyclic) bond motifs is 1. The molecular formula is C15H22N4O. The summed E-state index contributed by atoms with van der Waals surface area (Å²) in [4.78, 5) is 12.1. The van der Waals surface area contributed by atoms with Crippen molar-refractivity contribution in [1.29, 1.82) is 0 Å². The predicted octanol–water partition coefficient (Wildman–Crippen LogP) is 1.66. The zero-order valence-electron chi connectivity index (χ0n) is 12.0. The maximum absolute atomic E-state index is 12.1. The van der Waals surface area contributed by atoms with Crippen molar-refractivity contribution in [3.8, 4) is 0 Å². The van der Waals surface area contributed by atoms with E-state index in [0.717, 1.165) is 12.5 Å². The first-order chi connectivity index (χ1) is 9.75. The minimum absolute atomic E-state index is 0.0564. The van der Waals surface area contributed by atoms with Crippen molar-refractivity contribution in [3.63, 3.8) is 0 Å². The molecule has 0 radical (unpaired) electrons. The summed E-state index contributed by atoms with van der Waals surface area (Å²) in [5, 5.41) is 7.92. The third kappa shape index (κ3) is 2.63. The summed E-state index contributed by atoms with van der Waals surface area (Å²) in [6.07, 6.45) is 6.99. The smallest absolute Gasteiger partial charge is 0.312 e. The van der Waals surface area contributed by atoms with Crippen LogP contribution in [0.25, 0.3) is 5.65 Å². The summed E-state index contributed by atoms with van der Waals surface area (Å²) in [6, 6.07) is 6.20. The Morgan fingerprint density at radius 3 is 3.00 bits per heavy atom. The van der Waals surface area contributed by atoms with Gasteiger partial charge in [-0.15, -0.1) is 5.10 Å².